The molecule has 0 aromatic carbocycles. The van der Waals surface area contributed by atoms with Crippen LogP contribution < -0.4 is 5.32 Å². The summed E-state index contributed by atoms with van der Waals surface area (Å²) in [7, 11) is 0. The van der Waals surface area contributed by atoms with Crippen LogP contribution in [0.25, 0.3) is 0 Å². The summed E-state index contributed by atoms with van der Waals surface area (Å²) in [5, 5.41) is 11.4. The summed E-state index contributed by atoms with van der Waals surface area (Å²) in [5.74, 6) is -0.174. The molecule has 0 aromatic rings. The van der Waals surface area contributed by atoms with Crippen molar-refractivity contribution in [2.75, 3.05) is 13.1 Å². The second kappa shape index (κ2) is 8.02. The third kappa shape index (κ3) is 7.03. The first-order valence-corrected chi connectivity index (χ1v) is 7.27. The molecule has 0 atom stereocenters. The Hall–Kier alpha value is -1.26. The zero-order valence-electron chi connectivity index (χ0n) is 12.0. The van der Waals surface area contributed by atoms with Crippen molar-refractivity contribution in [3.8, 4) is 0 Å². The van der Waals surface area contributed by atoms with Gasteiger partial charge in [-0.25, -0.2) is 4.79 Å². The third-order valence-electron chi connectivity index (χ3n) is 3.29. The number of unbranched alkanes of at least 4 members (excludes halogenated alkanes) is 1. The van der Waals surface area contributed by atoms with Crippen LogP contribution in [-0.2, 0) is 4.79 Å². The lowest BCUT2D eigenvalue weighted by molar-refractivity contribution is -0.137. The summed E-state index contributed by atoms with van der Waals surface area (Å²) in [6, 6.07) is 0.441. The van der Waals surface area contributed by atoms with Crippen LogP contribution in [0, 0.1) is 5.92 Å². The van der Waals surface area contributed by atoms with Gasteiger partial charge in [0.05, 0.1) is 0 Å². The smallest absolute Gasteiger partial charge is 0.317 e. The van der Waals surface area contributed by atoms with Gasteiger partial charge in [0, 0.05) is 25.6 Å². The number of rotatable bonds is 9. The number of carbonyl (C=O) groups excluding carboxylic acids is 1. The van der Waals surface area contributed by atoms with Gasteiger partial charge < -0.3 is 15.3 Å². The van der Waals surface area contributed by atoms with Crippen molar-refractivity contribution in [3.05, 3.63) is 0 Å². The number of nitrogens with one attached hydrogen (secondary N) is 1. The van der Waals surface area contributed by atoms with E-state index < -0.39 is 5.97 Å². The molecule has 0 spiro atoms. The van der Waals surface area contributed by atoms with Crippen molar-refractivity contribution in [1.29, 1.82) is 0 Å². The molecule has 5 heteroatoms. The molecule has 2 N–H and O–H groups in total. The minimum absolute atomic E-state index is 0.0125. The zero-order chi connectivity index (χ0) is 14.3. The van der Waals surface area contributed by atoms with Crippen molar-refractivity contribution in [2.24, 2.45) is 5.92 Å². The molecular weight excluding hydrogens is 244 g/mol. The van der Waals surface area contributed by atoms with Gasteiger partial charge >= 0.3 is 12.0 Å². The number of carboxylic acids is 1. The predicted molar refractivity (Wildman–Crippen MR) is 74.1 cm³/mol. The van der Waals surface area contributed by atoms with E-state index in [1.807, 2.05) is 4.90 Å². The van der Waals surface area contributed by atoms with Gasteiger partial charge in [-0.2, -0.15) is 0 Å². The maximum atomic E-state index is 12.0. The zero-order valence-corrected chi connectivity index (χ0v) is 12.0. The molecule has 0 unspecified atom stereocenters. The number of carboxylic acid groups (broad SMARTS) is 1. The molecule has 2 amide bonds. The Balaban J connectivity index is 2.18. The first-order chi connectivity index (χ1) is 9.00. The Morgan fingerprint density at radius 2 is 2.00 bits per heavy atom. The lowest BCUT2D eigenvalue weighted by Crippen LogP contribution is -2.42. The van der Waals surface area contributed by atoms with E-state index in [-0.39, 0.29) is 12.5 Å². The molecule has 0 radical (unpaired) electrons. The molecule has 1 aliphatic carbocycles. The second-order valence-corrected chi connectivity index (χ2v) is 5.69. The van der Waals surface area contributed by atoms with Crippen molar-refractivity contribution in [2.45, 2.75) is 58.4 Å². The standard InChI is InChI=1S/C14H26N2O3/c1-11(2)8-10-16(12-6-7-12)14(19)15-9-4-3-5-13(17)18/h11-12H,3-10H2,1-2H3,(H,15,19)(H,17,18). The summed E-state index contributed by atoms with van der Waals surface area (Å²) in [6.07, 6.45) is 4.78. The Labute approximate surface area is 115 Å². The Kier molecular flexibility index (Phi) is 6.67. The second-order valence-electron chi connectivity index (χ2n) is 5.69. The topological polar surface area (TPSA) is 69.6 Å². The normalized spacial score (nSPS) is 14.5. The quantitative estimate of drug-likeness (QED) is 0.632. The van der Waals surface area contributed by atoms with Crippen molar-refractivity contribution in [1.82, 2.24) is 10.2 Å². The number of nitrogens with zero attached hydrogens (tertiary/aromatic N) is 1. The van der Waals surface area contributed by atoms with Gasteiger partial charge in [-0.1, -0.05) is 13.8 Å². The fourth-order valence-corrected chi connectivity index (χ4v) is 1.93. The van der Waals surface area contributed by atoms with Crippen LogP contribution in [-0.4, -0.2) is 41.1 Å². The monoisotopic (exact) mass is 270 g/mol. The van der Waals surface area contributed by atoms with Crippen LogP contribution in [0.1, 0.15) is 52.4 Å². The highest BCUT2D eigenvalue weighted by atomic mass is 16.4. The van der Waals surface area contributed by atoms with E-state index >= 15 is 0 Å². The Bertz CT molecular complexity index is 301. The molecular formula is C14H26N2O3. The average molecular weight is 270 g/mol. The predicted octanol–water partition coefficient (Wildman–Crippen LogP) is 2.46. The van der Waals surface area contributed by atoms with Gasteiger partial charge in [-0.05, 0) is 38.0 Å². The van der Waals surface area contributed by atoms with Crippen LogP contribution in [0.4, 0.5) is 4.79 Å². The Morgan fingerprint density at radius 3 is 2.53 bits per heavy atom. The summed E-state index contributed by atoms with van der Waals surface area (Å²) >= 11 is 0. The first-order valence-electron chi connectivity index (χ1n) is 7.27. The van der Waals surface area contributed by atoms with Gasteiger partial charge in [0.25, 0.3) is 0 Å². The lowest BCUT2D eigenvalue weighted by Gasteiger charge is -2.23. The lowest BCUT2D eigenvalue weighted by atomic mass is 10.1. The summed E-state index contributed by atoms with van der Waals surface area (Å²) in [6.45, 7) is 5.71. The molecule has 110 valence electrons. The van der Waals surface area contributed by atoms with E-state index in [2.05, 4.69) is 19.2 Å². The molecule has 1 rings (SSSR count). The van der Waals surface area contributed by atoms with Gasteiger partial charge in [0.15, 0.2) is 0 Å². The molecule has 0 heterocycles. The SMILES string of the molecule is CC(C)CCN(C(=O)NCCCCC(=O)O)C1CC1. The van der Waals surface area contributed by atoms with Crippen LogP contribution in [0.5, 0.6) is 0 Å². The molecule has 19 heavy (non-hydrogen) atoms. The molecule has 0 aliphatic heterocycles. The van der Waals surface area contributed by atoms with Gasteiger partial charge in [0.2, 0.25) is 0 Å². The molecule has 1 saturated carbocycles. The van der Waals surface area contributed by atoms with Crippen molar-refractivity contribution >= 4 is 12.0 Å². The highest BCUT2D eigenvalue weighted by molar-refractivity contribution is 5.74. The highest BCUT2D eigenvalue weighted by Gasteiger charge is 2.32. The maximum Gasteiger partial charge on any atom is 0.317 e. The average Bonchev–Trinajstić information content (AvgIpc) is 3.12. The molecule has 1 fully saturated rings. The summed E-state index contributed by atoms with van der Waals surface area (Å²) in [4.78, 5) is 24.3. The van der Waals surface area contributed by atoms with E-state index in [1.165, 1.54) is 0 Å². The summed E-state index contributed by atoms with van der Waals surface area (Å²) in [5.41, 5.74) is 0. The molecule has 0 saturated heterocycles. The summed E-state index contributed by atoms with van der Waals surface area (Å²) < 4.78 is 0. The van der Waals surface area contributed by atoms with Crippen LogP contribution in [0.2, 0.25) is 0 Å². The molecule has 1 aliphatic rings. The molecule has 0 aromatic heterocycles. The van der Waals surface area contributed by atoms with Crippen LogP contribution in [0.3, 0.4) is 0 Å². The van der Waals surface area contributed by atoms with Crippen LogP contribution >= 0.6 is 0 Å². The Morgan fingerprint density at radius 1 is 1.32 bits per heavy atom. The van der Waals surface area contributed by atoms with E-state index in [0.29, 0.717) is 24.9 Å². The number of hydrogen-bond donors (Lipinski definition) is 2. The number of hydrogen-bond acceptors (Lipinski definition) is 2. The number of carbonyl (C=O) groups is 2. The van der Waals surface area contributed by atoms with Crippen LogP contribution in [0.15, 0.2) is 0 Å². The van der Waals surface area contributed by atoms with E-state index in [9.17, 15) is 9.59 Å². The fourth-order valence-electron chi connectivity index (χ4n) is 1.93. The van der Waals surface area contributed by atoms with E-state index in [4.69, 9.17) is 5.11 Å². The van der Waals surface area contributed by atoms with Crippen molar-refractivity contribution in [3.63, 3.8) is 0 Å². The number of aliphatic carboxylic acids is 1. The van der Waals surface area contributed by atoms with E-state index in [1.54, 1.807) is 0 Å². The number of amides is 2. The van der Waals surface area contributed by atoms with Crippen molar-refractivity contribution < 1.29 is 14.7 Å². The van der Waals surface area contributed by atoms with Gasteiger partial charge in [-0.15, -0.1) is 0 Å². The maximum absolute atomic E-state index is 12.0. The van der Waals surface area contributed by atoms with E-state index in [0.717, 1.165) is 32.2 Å². The number of urea groups is 1. The van der Waals surface area contributed by atoms with Gasteiger partial charge in [-0.3, -0.25) is 4.79 Å². The van der Waals surface area contributed by atoms with Gasteiger partial charge in [0.1, 0.15) is 0 Å². The fraction of sp³-hybridized carbons (Fsp3) is 0.857. The highest BCUT2D eigenvalue weighted by Crippen LogP contribution is 2.27. The minimum atomic E-state index is -0.775. The minimum Gasteiger partial charge on any atom is -0.481 e. The first kappa shape index (κ1) is 15.8. The largest absolute Gasteiger partial charge is 0.481 e. The molecule has 5 nitrogen and oxygen atoms in total. The third-order valence-corrected chi connectivity index (χ3v) is 3.29. The molecule has 0 bridgehead atoms.